The van der Waals surface area contributed by atoms with Gasteiger partial charge in [0.15, 0.2) is 0 Å². The van der Waals surface area contributed by atoms with E-state index < -0.39 is 11.8 Å². The number of aliphatic carboxylic acids is 1. The van der Waals surface area contributed by atoms with Gasteiger partial charge in [0.2, 0.25) is 5.91 Å². The minimum atomic E-state index is -0.981. The zero-order valence-electron chi connectivity index (χ0n) is 11.2. The van der Waals surface area contributed by atoms with Crippen LogP contribution in [0.15, 0.2) is 41.8 Å². The molecule has 1 aromatic carbocycles. The number of benzene rings is 1. The Hall–Kier alpha value is -2.21. The number of hydrogen-bond donors (Lipinski definition) is 1. The highest BCUT2D eigenvalue weighted by Gasteiger charge is 2.17. The summed E-state index contributed by atoms with van der Waals surface area (Å²) in [7, 11) is 0. The second-order valence-corrected chi connectivity index (χ2v) is 5.45. The van der Waals surface area contributed by atoms with Crippen molar-refractivity contribution in [1.29, 1.82) is 0 Å². The molecule has 110 valence electrons. The molecule has 0 aliphatic carbocycles. The van der Waals surface area contributed by atoms with E-state index in [0.717, 1.165) is 4.88 Å². The number of carboxylic acid groups (broad SMARTS) is 1. The average molecular weight is 307 g/mol. The SMILES string of the molecule is O=C(O)CCN(C(=O)Cc1cccs1)c1ccc(F)cc1. The third kappa shape index (κ3) is 4.39. The number of carbonyl (C=O) groups excluding carboxylic acids is 1. The average Bonchev–Trinajstić information content (AvgIpc) is 2.93. The van der Waals surface area contributed by atoms with E-state index in [0.29, 0.717) is 5.69 Å². The van der Waals surface area contributed by atoms with Crippen molar-refractivity contribution in [3.8, 4) is 0 Å². The first-order valence-electron chi connectivity index (χ1n) is 6.36. The standard InChI is InChI=1S/C15H14FNO3S/c16-11-3-5-12(6-4-11)17(8-7-15(19)20)14(18)10-13-2-1-9-21-13/h1-6,9H,7-8,10H2,(H,19,20). The molecular formula is C15H14FNO3S. The largest absolute Gasteiger partial charge is 0.481 e. The highest BCUT2D eigenvalue weighted by atomic mass is 32.1. The Morgan fingerprint density at radius 1 is 1.19 bits per heavy atom. The lowest BCUT2D eigenvalue weighted by Gasteiger charge is -2.22. The van der Waals surface area contributed by atoms with E-state index in [4.69, 9.17) is 5.11 Å². The molecule has 0 bridgehead atoms. The Balaban J connectivity index is 2.16. The van der Waals surface area contributed by atoms with E-state index in [1.54, 1.807) is 0 Å². The number of rotatable bonds is 6. The normalized spacial score (nSPS) is 10.3. The second kappa shape index (κ2) is 6.99. The lowest BCUT2D eigenvalue weighted by Crippen LogP contribution is -2.34. The first kappa shape index (κ1) is 15.2. The maximum atomic E-state index is 13.0. The van der Waals surface area contributed by atoms with Crippen molar-refractivity contribution in [2.45, 2.75) is 12.8 Å². The van der Waals surface area contributed by atoms with Gasteiger partial charge in [0.05, 0.1) is 12.8 Å². The molecule has 2 aromatic rings. The number of hydrogen-bond acceptors (Lipinski definition) is 3. The van der Waals surface area contributed by atoms with E-state index >= 15 is 0 Å². The summed E-state index contributed by atoms with van der Waals surface area (Å²) in [6.07, 6.45) is 0.0439. The number of nitrogens with zero attached hydrogens (tertiary/aromatic N) is 1. The van der Waals surface area contributed by atoms with Crippen molar-refractivity contribution >= 4 is 28.9 Å². The van der Waals surface area contributed by atoms with Crippen LogP contribution in [0.4, 0.5) is 10.1 Å². The molecule has 0 unspecified atom stereocenters. The summed E-state index contributed by atoms with van der Waals surface area (Å²) in [6.45, 7) is 0.0607. The smallest absolute Gasteiger partial charge is 0.305 e. The number of halogens is 1. The van der Waals surface area contributed by atoms with Crippen LogP contribution in [0.3, 0.4) is 0 Å². The number of thiophene rings is 1. The number of anilines is 1. The molecule has 1 amide bonds. The molecule has 0 aliphatic heterocycles. The summed E-state index contributed by atoms with van der Waals surface area (Å²) in [5, 5.41) is 10.7. The fourth-order valence-corrected chi connectivity index (χ4v) is 2.58. The summed E-state index contributed by atoms with van der Waals surface area (Å²) >= 11 is 1.47. The number of amides is 1. The lowest BCUT2D eigenvalue weighted by atomic mass is 10.2. The molecule has 0 spiro atoms. The minimum Gasteiger partial charge on any atom is -0.481 e. The van der Waals surface area contributed by atoms with Crippen LogP contribution >= 0.6 is 11.3 Å². The fraction of sp³-hybridized carbons (Fsp3) is 0.200. The molecule has 0 aliphatic rings. The highest BCUT2D eigenvalue weighted by molar-refractivity contribution is 7.10. The molecule has 1 aromatic heterocycles. The predicted octanol–water partition coefficient (Wildman–Crippen LogP) is 2.94. The van der Waals surface area contributed by atoms with Crippen LogP contribution in [0, 0.1) is 5.82 Å². The zero-order chi connectivity index (χ0) is 15.2. The van der Waals surface area contributed by atoms with Gasteiger partial charge in [-0.2, -0.15) is 0 Å². The van der Waals surface area contributed by atoms with Gasteiger partial charge >= 0.3 is 5.97 Å². The van der Waals surface area contributed by atoms with Gasteiger partial charge < -0.3 is 10.0 Å². The first-order chi connectivity index (χ1) is 10.1. The molecule has 0 saturated heterocycles. The molecule has 0 fully saturated rings. The molecule has 1 N–H and O–H groups in total. The van der Waals surface area contributed by atoms with E-state index in [9.17, 15) is 14.0 Å². The van der Waals surface area contributed by atoms with Crippen molar-refractivity contribution in [3.63, 3.8) is 0 Å². The summed E-state index contributed by atoms with van der Waals surface area (Å²) < 4.78 is 13.0. The third-order valence-electron chi connectivity index (χ3n) is 2.89. The van der Waals surface area contributed by atoms with Gasteiger partial charge in [-0.25, -0.2) is 4.39 Å². The van der Waals surface area contributed by atoms with Crippen LogP contribution in [0.2, 0.25) is 0 Å². The van der Waals surface area contributed by atoms with Gasteiger partial charge in [-0.05, 0) is 35.7 Å². The molecule has 21 heavy (non-hydrogen) atoms. The van der Waals surface area contributed by atoms with E-state index in [1.807, 2.05) is 17.5 Å². The molecule has 4 nitrogen and oxygen atoms in total. The molecule has 0 saturated carbocycles. The van der Waals surface area contributed by atoms with Crippen LogP contribution in [0.25, 0.3) is 0 Å². The van der Waals surface area contributed by atoms with Crippen LogP contribution in [0.1, 0.15) is 11.3 Å². The predicted molar refractivity (Wildman–Crippen MR) is 79.0 cm³/mol. The van der Waals surface area contributed by atoms with Crippen molar-refractivity contribution in [2.24, 2.45) is 0 Å². The highest BCUT2D eigenvalue weighted by Crippen LogP contribution is 2.18. The maximum Gasteiger partial charge on any atom is 0.305 e. The van der Waals surface area contributed by atoms with Crippen LogP contribution < -0.4 is 4.90 Å². The van der Waals surface area contributed by atoms with Crippen LogP contribution in [-0.2, 0) is 16.0 Å². The van der Waals surface area contributed by atoms with Crippen molar-refractivity contribution in [3.05, 3.63) is 52.5 Å². The topological polar surface area (TPSA) is 57.6 Å². The van der Waals surface area contributed by atoms with Crippen LogP contribution in [-0.4, -0.2) is 23.5 Å². The summed E-state index contributed by atoms with van der Waals surface area (Å²) in [5.74, 6) is -1.58. The Morgan fingerprint density at radius 2 is 1.90 bits per heavy atom. The summed E-state index contributed by atoms with van der Waals surface area (Å²) in [6, 6.07) is 9.16. The molecule has 0 atom stereocenters. The third-order valence-corrected chi connectivity index (χ3v) is 3.77. The van der Waals surface area contributed by atoms with Gasteiger partial charge in [0.25, 0.3) is 0 Å². The quantitative estimate of drug-likeness (QED) is 0.892. The maximum absolute atomic E-state index is 13.0. The fourth-order valence-electron chi connectivity index (χ4n) is 1.88. The minimum absolute atomic E-state index is 0.0607. The van der Waals surface area contributed by atoms with Gasteiger partial charge in [-0.3, -0.25) is 9.59 Å². The van der Waals surface area contributed by atoms with Gasteiger partial charge in [-0.15, -0.1) is 11.3 Å². The van der Waals surface area contributed by atoms with Crippen molar-refractivity contribution in [1.82, 2.24) is 0 Å². The van der Waals surface area contributed by atoms with Gasteiger partial charge in [-0.1, -0.05) is 6.07 Å². The molecular weight excluding hydrogens is 293 g/mol. The molecule has 6 heteroatoms. The second-order valence-electron chi connectivity index (χ2n) is 4.42. The molecule has 2 rings (SSSR count). The van der Waals surface area contributed by atoms with E-state index in [1.165, 1.54) is 40.5 Å². The summed E-state index contributed by atoms with van der Waals surface area (Å²) in [4.78, 5) is 25.4. The lowest BCUT2D eigenvalue weighted by molar-refractivity contribution is -0.136. The monoisotopic (exact) mass is 307 g/mol. The zero-order valence-corrected chi connectivity index (χ0v) is 12.0. The number of carboxylic acids is 1. The Morgan fingerprint density at radius 3 is 2.48 bits per heavy atom. The van der Waals surface area contributed by atoms with E-state index in [-0.39, 0.29) is 25.3 Å². The Bertz CT molecular complexity index is 610. The Labute approximate surface area is 125 Å². The van der Waals surface area contributed by atoms with Crippen molar-refractivity contribution < 1.29 is 19.1 Å². The van der Waals surface area contributed by atoms with Crippen molar-refractivity contribution in [2.75, 3.05) is 11.4 Å². The number of carbonyl (C=O) groups is 2. The van der Waals surface area contributed by atoms with Crippen LogP contribution in [0.5, 0.6) is 0 Å². The Kier molecular flexibility index (Phi) is 5.05. The summed E-state index contributed by atoms with van der Waals surface area (Å²) in [5.41, 5.74) is 0.499. The van der Waals surface area contributed by atoms with E-state index in [2.05, 4.69) is 0 Å². The molecule has 1 heterocycles. The first-order valence-corrected chi connectivity index (χ1v) is 7.24. The van der Waals surface area contributed by atoms with Gasteiger partial charge in [0.1, 0.15) is 5.82 Å². The van der Waals surface area contributed by atoms with Gasteiger partial charge in [0, 0.05) is 17.1 Å². The molecule has 0 radical (unpaired) electrons.